The summed E-state index contributed by atoms with van der Waals surface area (Å²) in [5, 5.41) is 6.88. The fourth-order valence-corrected chi connectivity index (χ4v) is 1.48. The molecule has 3 N–H and O–H groups in total. The summed E-state index contributed by atoms with van der Waals surface area (Å²) in [6.07, 6.45) is 0. The zero-order valence-corrected chi connectivity index (χ0v) is 8.78. The number of nitrogens with two attached hydrogens (primary N) is 1. The Labute approximate surface area is 87.8 Å². The van der Waals surface area contributed by atoms with E-state index in [9.17, 15) is 0 Å². The van der Waals surface area contributed by atoms with Crippen LogP contribution in [0, 0.1) is 13.8 Å². The first-order chi connectivity index (χ1) is 7.19. The van der Waals surface area contributed by atoms with E-state index in [0.717, 1.165) is 17.0 Å². The molecule has 2 rings (SSSR count). The molecule has 0 bridgehead atoms. The number of hydrogen-bond acceptors (Lipinski definition) is 4. The van der Waals surface area contributed by atoms with E-state index in [0.29, 0.717) is 18.2 Å². The summed E-state index contributed by atoms with van der Waals surface area (Å²) < 4.78 is 0. The lowest BCUT2D eigenvalue weighted by Crippen LogP contribution is -1.98. The molecule has 0 saturated heterocycles. The second kappa shape index (κ2) is 3.78. The normalized spacial score (nSPS) is 10.6. The fraction of sp³-hybridized carbons (Fsp3) is 0.300. The Morgan fingerprint density at radius 1 is 1.20 bits per heavy atom. The van der Waals surface area contributed by atoms with Crippen LogP contribution < -0.4 is 5.73 Å². The largest absolute Gasteiger partial charge is 0.324 e. The molecule has 2 aromatic rings. The first kappa shape index (κ1) is 9.79. The van der Waals surface area contributed by atoms with E-state index in [1.54, 1.807) is 0 Å². The van der Waals surface area contributed by atoms with Crippen LogP contribution in [-0.4, -0.2) is 20.2 Å². The average molecular weight is 203 g/mol. The summed E-state index contributed by atoms with van der Waals surface area (Å²) in [5.41, 5.74) is 8.35. The van der Waals surface area contributed by atoms with Gasteiger partial charge in [0.25, 0.3) is 0 Å². The highest BCUT2D eigenvalue weighted by Crippen LogP contribution is 2.16. The van der Waals surface area contributed by atoms with E-state index in [-0.39, 0.29) is 0 Å². The highest BCUT2D eigenvalue weighted by atomic mass is 15.2. The Kier molecular flexibility index (Phi) is 2.47. The molecule has 0 aliphatic carbocycles. The maximum absolute atomic E-state index is 5.45. The third-order valence-corrected chi connectivity index (χ3v) is 2.06. The summed E-state index contributed by atoms with van der Waals surface area (Å²) in [6, 6.07) is 3.91. The van der Waals surface area contributed by atoms with Crippen molar-refractivity contribution in [1.82, 2.24) is 20.2 Å². The minimum absolute atomic E-state index is 0.371. The molecule has 0 radical (unpaired) electrons. The number of pyridine rings is 1. The van der Waals surface area contributed by atoms with Crippen molar-refractivity contribution in [2.45, 2.75) is 20.4 Å². The van der Waals surface area contributed by atoms with Gasteiger partial charge in [0.15, 0.2) is 5.82 Å². The van der Waals surface area contributed by atoms with Crippen molar-refractivity contribution in [3.63, 3.8) is 0 Å². The molecule has 15 heavy (non-hydrogen) atoms. The summed E-state index contributed by atoms with van der Waals surface area (Å²) in [4.78, 5) is 8.56. The van der Waals surface area contributed by atoms with Crippen molar-refractivity contribution in [3.05, 3.63) is 29.3 Å². The second-order valence-corrected chi connectivity index (χ2v) is 3.45. The molecule has 2 aromatic heterocycles. The van der Waals surface area contributed by atoms with Gasteiger partial charge in [-0.3, -0.25) is 10.1 Å². The number of nitrogens with zero attached hydrogens (tertiary/aromatic N) is 3. The van der Waals surface area contributed by atoms with Gasteiger partial charge in [0.05, 0.1) is 6.54 Å². The van der Waals surface area contributed by atoms with Gasteiger partial charge in [0, 0.05) is 17.0 Å². The number of aryl methyl sites for hydroxylation is 2. The van der Waals surface area contributed by atoms with E-state index in [4.69, 9.17) is 5.73 Å². The minimum atomic E-state index is 0.371. The zero-order chi connectivity index (χ0) is 10.8. The SMILES string of the molecule is Cc1cc(-c2n[nH]c(CN)n2)cc(C)n1. The maximum atomic E-state index is 5.45. The molecule has 0 amide bonds. The Morgan fingerprint density at radius 3 is 2.40 bits per heavy atom. The van der Waals surface area contributed by atoms with Gasteiger partial charge in [-0.2, -0.15) is 5.10 Å². The van der Waals surface area contributed by atoms with E-state index in [1.165, 1.54) is 0 Å². The molecular weight excluding hydrogens is 190 g/mol. The van der Waals surface area contributed by atoms with Gasteiger partial charge in [-0.25, -0.2) is 4.98 Å². The van der Waals surface area contributed by atoms with Crippen molar-refractivity contribution in [1.29, 1.82) is 0 Å². The summed E-state index contributed by atoms with van der Waals surface area (Å²) >= 11 is 0. The van der Waals surface area contributed by atoms with E-state index < -0.39 is 0 Å². The van der Waals surface area contributed by atoms with Crippen molar-refractivity contribution in [3.8, 4) is 11.4 Å². The van der Waals surface area contributed by atoms with Gasteiger partial charge < -0.3 is 5.73 Å². The quantitative estimate of drug-likeness (QED) is 0.761. The number of aromatic amines is 1. The lowest BCUT2D eigenvalue weighted by molar-refractivity contribution is 0.917. The molecular formula is C10H13N5. The van der Waals surface area contributed by atoms with Crippen LogP contribution in [0.15, 0.2) is 12.1 Å². The van der Waals surface area contributed by atoms with Gasteiger partial charge in [0.1, 0.15) is 5.82 Å². The standard InChI is InChI=1S/C10H13N5/c1-6-3-8(4-7(2)12-6)10-13-9(5-11)14-15-10/h3-4H,5,11H2,1-2H3,(H,13,14,15). The van der Waals surface area contributed by atoms with Crippen molar-refractivity contribution in [2.75, 3.05) is 0 Å². The number of nitrogens with one attached hydrogen (secondary N) is 1. The summed E-state index contributed by atoms with van der Waals surface area (Å²) in [7, 11) is 0. The van der Waals surface area contributed by atoms with E-state index in [2.05, 4.69) is 20.2 Å². The third kappa shape index (κ3) is 2.02. The third-order valence-electron chi connectivity index (χ3n) is 2.06. The Bertz CT molecular complexity index is 454. The average Bonchev–Trinajstić information content (AvgIpc) is 2.64. The lowest BCUT2D eigenvalue weighted by Gasteiger charge is -1.99. The molecule has 0 aliphatic rings. The first-order valence-corrected chi connectivity index (χ1v) is 4.76. The monoisotopic (exact) mass is 203 g/mol. The van der Waals surface area contributed by atoms with Crippen LogP contribution in [0.5, 0.6) is 0 Å². The molecule has 0 atom stereocenters. The number of rotatable bonds is 2. The van der Waals surface area contributed by atoms with Gasteiger partial charge in [-0.15, -0.1) is 0 Å². The van der Waals surface area contributed by atoms with E-state index in [1.807, 2.05) is 26.0 Å². The molecule has 0 fully saturated rings. The first-order valence-electron chi connectivity index (χ1n) is 4.76. The zero-order valence-electron chi connectivity index (χ0n) is 8.78. The minimum Gasteiger partial charge on any atom is -0.324 e. The second-order valence-electron chi connectivity index (χ2n) is 3.45. The molecule has 0 unspecified atom stereocenters. The molecule has 0 aromatic carbocycles. The smallest absolute Gasteiger partial charge is 0.181 e. The van der Waals surface area contributed by atoms with Crippen molar-refractivity contribution >= 4 is 0 Å². The molecule has 0 aliphatic heterocycles. The summed E-state index contributed by atoms with van der Waals surface area (Å²) in [6.45, 7) is 4.27. The predicted molar refractivity (Wildman–Crippen MR) is 57.0 cm³/mol. The number of hydrogen-bond donors (Lipinski definition) is 2. The van der Waals surface area contributed by atoms with Gasteiger partial charge in [-0.1, -0.05) is 0 Å². The van der Waals surface area contributed by atoms with Crippen LogP contribution >= 0.6 is 0 Å². The van der Waals surface area contributed by atoms with Crippen LogP contribution in [0.4, 0.5) is 0 Å². The van der Waals surface area contributed by atoms with Crippen LogP contribution in [-0.2, 0) is 6.54 Å². The number of H-pyrrole nitrogens is 1. The van der Waals surface area contributed by atoms with Crippen LogP contribution in [0.3, 0.4) is 0 Å². The highest BCUT2D eigenvalue weighted by molar-refractivity contribution is 5.55. The fourth-order valence-electron chi connectivity index (χ4n) is 1.48. The summed E-state index contributed by atoms with van der Waals surface area (Å²) in [5.74, 6) is 1.36. The lowest BCUT2D eigenvalue weighted by atomic mass is 10.2. The number of aromatic nitrogens is 4. The predicted octanol–water partition coefficient (Wildman–Crippen LogP) is 0.942. The molecule has 0 saturated carbocycles. The van der Waals surface area contributed by atoms with Crippen LogP contribution in [0.1, 0.15) is 17.2 Å². The van der Waals surface area contributed by atoms with Crippen LogP contribution in [0.25, 0.3) is 11.4 Å². The van der Waals surface area contributed by atoms with Crippen molar-refractivity contribution in [2.24, 2.45) is 5.73 Å². The molecule has 2 heterocycles. The topological polar surface area (TPSA) is 80.5 Å². The molecule has 5 nitrogen and oxygen atoms in total. The highest BCUT2D eigenvalue weighted by Gasteiger charge is 2.06. The van der Waals surface area contributed by atoms with Crippen LogP contribution in [0.2, 0.25) is 0 Å². The van der Waals surface area contributed by atoms with Crippen molar-refractivity contribution < 1.29 is 0 Å². The molecule has 0 spiro atoms. The molecule has 78 valence electrons. The van der Waals surface area contributed by atoms with Gasteiger partial charge >= 0.3 is 0 Å². The Hall–Kier alpha value is -1.75. The van der Waals surface area contributed by atoms with Gasteiger partial charge in [-0.05, 0) is 26.0 Å². The van der Waals surface area contributed by atoms with Gasteiger partial charge in [0.2, 0.25) is 0 Å². The molecule has 5 heteroatoms. The Balaban J connectivity index is 2.44. The maximum Gasteiger partial charge on any atom is 0.181 e. The Morgan fingerprint density at radius 2 is 1.87 bits per heavy atom. The van der Waals surface area contributed by atoms with E-state index >= 15 is 0 Å².